The van der Waals surface area contributed by atoms with Crippen LogP contribution in [-0.4, -0.2) is 23.0 Å². The molecule has 1 aliphatic rings. The van der Waals surface area contributed by atoms with Gasteiger partial charge in [0.25, 0.3) is 0 Å². The first-order chi connectivity index (χ1) is 9.45. The largest absolute Gasteiger partial charge is 0.462 e. The molecule has 0 radical (unpaired) electrons. The van der Waals surface area contributed by atoms with E-state index < -0.39 is 5.97 Å². The lowest BCUT2D eigenvalue weighted by atomic mass is 9.73. The minimum atomic E-state index is -0.394. The molecule has 0 amide bonds. The van der Waals surface area contributed by atoms with Crippen molar-refractivity contribution in [2.45, 2.75) is 52.5 Å². The van der Waals surface area contributed by atoms with Crippen LogP contribution < -0.4 is 11.1 Å². The number of anilines is 2. The Morgan fingerprint density at radius 3 is 2.95 bits per heavy atom. The van der Waals surface area contributed by atoms with Gasteiger partial charge in [-0.05, 0) is 36.7 Å². The third-order valence-electron chi connectivity index (χ3n) is 4.01. The minimum Gasteiger partial charge on any atom is -0.462 e. The molecule has 20 heavy (non-hydrogen) atoms. The van der Waals surface area contributed by atoms with E-state index in [1.165, 1.54) is 30.8 Å². The van der Waals surface area contributed by atoms with Gasteiger partial charge < -0.3 is 15.8 Å². The summed E-state index contributed by atoms with van der Waals surface area (Å²) in [7, 11) is 0. The fraction of sp³-hybridized carbons (Fsp3) is 0.714. The van der Waals surface area contributed by atoms with E-state index in [2.05, 4.69) is 23.5 Å². The summed E-state index contributed by atoms with van der Waals surface area (Å²) in [5.74, 6) is -0.139. The highest BCUT2D eigenvalue weighted by Crippen LogP contribution is 2.39. The van der Waals surface area contributed by atoms with E-state index in [9.17, 15) is 4.79 Å². The van der Waals surface area contributed by atoms with Crippen LogP contribution in [0, 0.1) is 5.41 Å². The van der Waals surface area contributed by atoms with Gasteiger partial charge in [0.1, 0.15) is 10.6 Å². The van der Waals surface area contributed by atoms with Gasteiger partial charge in [-0.3, -0.25) is 0 Å². The number of carbonyl (C=O) groups is 1. The smallest absolute Gasteiger partial charge is 0.344 e. The van der Waals surface area contributed by atoms with E-state index in [0.29, 0.717) is 18.2 Å². The van der Waals surface area contributed by atoms with E-state index in [4.69, 9.17) is 10.5 Å². The molecule has 1 aliphatic carbocycles. The third kappa shape index (κ3) is 3.06. The predicted octanol–water partition coefficient (Wildman–Crippen LogP) is 3.28. The van der Waals surface area contributed by atoms with Crippen LogP contribution in [0.15, 0.2) is 0 Å². The van der Waals surface area contributed by atoms with Crippen molar-refractivity contribution in [3.8, 4) is 0 Å². The highest BCUT2D eigenvalue weighted by molar-refractivity contribution is 7.11. The van der Waals surface area contributed by atoms with Crippen molar-refractivity contribution in [1.82, 2.24) is 4.37 Å². The lowest BCUT2D eigenvalue weighted by molar-refractivity contribution is 0.0528. The predicted molar refractivity (Wildman–Crippen MR) is 82.1 cm³/mol. The van der Waals surface area contributed by atoms with Gasteiger partial charge in [0.15, 0.2) is 5.82 Å². The maximum Gasteiger partial charge on any atom is 0.344 e. The van der Waals surface area contributed by atoms with Crippen LogP contribution >= 0.6 is 11.5 Å². The molecule has 1 saturated carbocycles. The standard InChI is InChI=1S/C14H23N3O2S/c1-4-19-13(18)10-11(15)17-20-12(10)16-9-7-5-6-8-14(9,2)3/h9,16H,4-8H2,1-3H3,(H2,15,17). The number of nitrogens with zero attached hydrogens (tertiary/aromatic N) is 1. The first-order valence-corrected chi connectivity index (χ1v) is 7.92. The third-order valence-corrected chi connectivity index (χ3v) is 4.80. The molecule has 0 bridgehead atoms. The SMILES string of the molecule is CCOC(=O)c1c(N)nsc1NC1CCCCC1(C)C. The molecule has 1 atom stereocenters. The first kappa shape index (κ1) is 15.1. The van der Waals surface area contributed by atoms with E-state index in [1.54, 1.807) is 6.92 Å². The lowest BCUT2D eigenvalue weighted by Gasteiger charge is -2.39. The number of hydrogen-bond acceptors (Lipinski definition) is 6. The highest BCUT2D eigenvalue weighted by atomic mass is 32.1. The van der Waals surface area contributed by atoms with Gasteiger partial charge in [-0.2, -0.15) is 4.37 Å². The zero-order valence-electron chi connectivity index (χ0n) is 12.4. The van der Waals surface area contributed by atoms with E-state index >= 15 is 0 Å². The Bertz CT molecular complexity index is 485. The summed E-state index contributed by atoms with van der Waals surface area (Å²) in [6.07, 6.45) is 4.77. The van der Waals surface area contributed by atoms with Crippen LogP contribution in [0.3, 0.4) is 0 Å². The Labute approximate surface area is 124 Å². The zero-order valence-corrected chi connectivity index (χ0v) is 13.2. The van der Waals surface area contributed by atoms with Crippen LogP contribution in [0.4, 0.5) is 10.8 Å². The molecule has 2 rings (SSSR count). The van der Waals surface area contributed by atoms with Crippen molar-refractivity contribution in [3.63, 3.8) is 0 Å². The Morgan fingerprint density at radius 2 is 2.30 bits per heavy atom. The summed E-state index contributed by atoms with van der Waals surface area (Å²) in [4.78, 5) is 12.0. The van der Waals surface area contributed by atoms with Crippen LogP contribution in [0.1, 0.15) is 56.8 Å². The normalized spacial score (nSPS) is 21.4. The van der Waals surface area contributed by atoms with E-state index in [1.807, 2.05) is 0 Å². The molecule has 0 saturated heterocycles. The van der Waals surface area contributed by atoms with E-state index in [-0.39, 0.29) is 11.2 Å². The maximum absolute atomic E-state index is 12.0. The van der Waals surface area contributed by atoms with Gasteiger partial charge in [-0.25, -0.2) is 4.79 Å². The number of nitrogens with one attached hydrogen (secondary N) is 1. The molecule has 1 heterocycles. The van der Waals surface area contributed by atoms with Gasteiger partial charge >= 0.3 is 5.97 Å². The quantitative estimate of drug-likeness (QED) is 0.834. The average Bonchev–Trinajstić information content (AvgIpc) is 2.73. The molecule has 1 unspecified atom stereocenters. The zero-order chi connectivity index (χ0) is 14.8. The maximum atomic E-state index is 12.0. The number of rotatable bonds is 4. The Kier molecular flexibility index (Phi) is 4.52. The van der Waals surface area contributed by atoms with Crippen molar-refractivity contribution in [2.24, 2.45) is 5.41 Å². The molecule has 1 aromatic rings. The van der Waals surface area contributed by atoms with Gasteiger partial charge in [0.05, 0.1) is 6.61 Å². The Balaban J connectivity index is 2.19. The molecule has 0 aromatic carbocycles. The van der Waals surface area contributed by atoms with Crippen molar-refractivity contribution in [2.75, 3.05) is 17.7 Å². The second kappa shape index (κ2) is 5.99. The molecule has 1 aromatic heterocycles. The summed E-state index contributed by atoms with van der Waals surface area (Å²) < 4.78 is 9.15. The highest BCUT2D eigenvalue weighted by Gasteiger charge is 2.33. The molecule has 112 valence electrons. The molecule has 5 nitrogen and oxygen atoms in total. The molecule has 3 N–H and O–H groups in total. The van der Waals surface area contributed by atoms with Crippen molar-refractivity contribution in [1.29, 1.82) is 0 Å². The van der Waals surface area contributed by atoms with Crippen LogP contribution in [0.5, 0.6) is 0 Å². The second-order valence-corrected chi connectivity index (χ2v) is 6.70. The number of ether oxygens (including phenoxy) is 1. The summed E-state index contributed by atoms with van der Waals surface area (Å²) in [5, 5.41) is 4.21. The lowest BCUT2D eigenvalue weighted by Crippen LogP contribution is -2.39. The van der Waals surface area contributed by atoms with Gasteiger partial charge in [-0.1, -0.05) is 26.7 Å². The van der Waals surface area contributed by atoms with Crippen LogP contribution in [0.25, 0.3) is 0 Å². The number of carbonyl (C=O) groups excluding carboxylic acids is 1. The summed E-state index contributed by atoms with van der Waals surface area (Å²) >= 11 is 1.24. The molecule has 1 fully saturated rings. The van der Waals surface area contributed by atoms with Crippen LogP contribution in [-0.2, 0) is 4.74 Å². The fourth-order valence-corrected chi connectivity index (χ4v) is 3.48. The Morgan fingerprint density at radius 1 is 1.55 bits per heavy atom. The average molecular weight is 297 g/mol. The van der Waals surface area contributed by atoms with Gasteiger partial charge in [-0.15, -0.1) is 0 Å². The van der Waals surface area contributed by atoms with E-state index in [0.717, 1.165) is 11.4 Å². The molecular weight excluding hydrogens is 274 g/mol. The number of esters is 1. The van der Waals surface area contributed by atoms with Crippen molar-refractivity contribution >= 4 is 28.3 Å². The topological polar surface area (TPSA) is 77.2 Å². The molecule has 0 spiro atoms. The second-order valence-electron chi connectivity index (χ2n) is 5.92. The monoisotopic (exact) mass is 297 g/mol. The number of nitrogen functional groups attached to an aromatic ring is 1. The number of nitrogens with two attached hydrogens (primary N) is 1. The summed E-state index contributed by atoms with van der Waals surface area (Å²) in [6.45, 7) is 6.64. The number of aromatic nitrogens is 1. The number of hydrogen-bond donors (Lipinski definition) is 2. The summed E-state index contributed by atoms with van der Waals surface area (Å²) in [5.41, 5.74) is 6.40. The first-order valence-electron chi connectivity index (χ1n) is 7.14. The molecule has 0 aliphatic heterocycles. The fourth-order valence-electron chi connectivity index (χ4n) is 2.72. The molecular formula is C14H23N3O2S. The Hall–Kier alpha value is -1.30. The summed E-state index contributed by atoms with van der Waals surface area (Å²) in [6, 6.07) is 0.337. The van der Waals surface area contributed by atoms with Gasteiger partial charge in [0, 0.05) is 6.04 Å². The molecule has 6 heteroatoms. The minimum absolute atomic E-state index is 0.211. The van der Waals surface area contributed by atoms with Crippen molar-refractivity contribution in [3.05, 3.63) is 5.56 Å². The van der Waals surface area contributed by atoms with Crippen LogP contribution in [0.2, 0.25) is 0 Å². The van der Waals surface area contributed by atoms with Crippen molar-refractivity contribution < 1.29 is 9.53 Å². The van der Waals surface area contributed by atoms with Gasteiger partial charge in [0.2, 0.25) is 0 Å².